The fraction of sp³-hybridized carbons (Fsp3) is 0.250. The van der Waals surface area contributed by atoms with Crippen molar-refractivity contribution in [2.24, 2.45) is 0 Å². The molecule has 0 unspecified atom stereocenters. The summed E-state index contributed by atoms with van der Waals surface area (Å²) in [6.45, 7) is 2.69. The van der Waals surface area contributed by atoms with Crippen LogP contribution in [0.15, 0.2) is 30.6 Å². The lowest BCUT2D eigenvalue weighted by Gasteiger charge is -2.15. The molecule has 0 saturated heterocycles. The van der Waals surface area contributed by atoms with Crippen molar-refractivity contribution in [3.05, 3.63) is 59.2 Å². The molecule has 1 aromatic carbocycles. The Morgan fingerprint density at radius 2 is 2.00 bits per heavy atom. The van der Waals surface area contributed by atoms with E-state index in [4.69, 9.17) is 4.74 Å². The van der Waals surface area contributed by atoms with Crippen LogP contribution in [-0.2, 0) is 9.53 Å². The molecule has 1 N–H and O–H groups in total. The summed E-state index contributed by atoms with van der Waals surface area (Å²) >= 11 is 0. The number of esters is 1. The van der Waals surface area contributed by atoms with Gasteiger partial charge in [0.2, 0.25) is 0 Å². The van der Waals surface area contributed by atoms with Crippen molar-refractivity contribution in [3.8, 4) is 0 Å². The van der Waals surface area contributed by atoms with Crippen molar-refractivity contribution in [1.82, 2.24) is 15.3 Å². The van der Waals surface area contributed by atoms with Crippen LogP contribution in [-0.4, -0.2) is 28.5 Å². The Labute approximate surface area is 136 Å². The van der Waals surface area contributed by atoms with Gasteiger partial charge in [-0.1, -0.05) is 6.07 Å². The zero-order valence-electron chi connectivity index (χ0n) is 13.0. The lowest BCUT2D eigenvalue weighted by atomic mass is 10.1. The van der Waals surface area contributed by atoms with Crippen LogP contribution >= 0.6 is 0 Å². The summed E-state index contributed by atoms with van der Waals surface area (Å²) in [4.78, 5) is 31.2. The molecule has 126 valence electrons. The third kappa shape index (κ3) is 4.55. The molecular formula is C16H15F2N3O3. The molecule has 1 atom stereocenters. The molecule has 0 bridgehead atoms. The van der Waals surface area contributed by atoms with Gasteiger partial charge in [-0.05, 0) is 19.9 Å². The van der Waals surface area contributed by atoms with E-state index in [0.29, 0.717) is 5.69 Å². The second kappa shape index (κ2) is 7.58. The van der Waals surface area contributed by atoms with Gasteiger partial charge in [0.05, 0.1) is 17.9 Å². The van der Waals surface area contributed by atoms with Crippen LogP contribution in [0.4, 0.5) is 8.78 Å². The number of nitrogens with one attached hydrogen (secondary N) is 1. The van der Waals surface area contributed by atoms with E-state index in [2.05, 4.69) is 15.3 Å². The van der Waals surface area contributed by atoms with Crippen molar-refractivity contribution >= 4 is 11.9 Å². The van der Waals surface area contributed by atoms with E-state index in [1.54, 1.807) is 6.92 Å². The molecule has 0 aliphatic rings. The number of ether oxygens (including phenoxy) is 1. The molecule has 24 heavy (non-hydrogen) atoms. The predicted molar refractivity (Wildman–Crippen MR) is 80.0 cm³/mol. The number of carbonyl (C=O) groups is 2. The maximum absolute atomic E-state index is 13.6. The van der Waals surface area contributed by atoms with Crippen LogP contribution in [0.1, 0.15) is 34.7 Å². The zero-order valence-corrected chi connectivity index (χ0v) is 13.0. The van der Waals surface area contributed by atoms with Crippen LogP contribution in [0.3, 0.4) is 0 Å². The minimum absolute atomic E-state index is 0.0222. The Balaban J connectivity index is 1.88. The Morgan fingerprint density at radius 1 is 1.25 bits per heavy atom. The Kier molecular flexibility index (Phi) is 5.51. The van der Waals surface area contributed by atoms with E-state index in [9.17, 15) is 18.4 Å². The normalized spacial score (nSPS) is 11.7. The molecule has 0 radical (unpaired) electrons. The average molecular weight is 335 g/mol. The average Bonchev–Trinajstić information content (AvgIpc) is 2.53. The third-order valence-corrected chi connectivity index (χ3v) is 3.13. The van der Waals surface area contributed by atoms with Gasteiger partial charge in [0.1, 0.15) is 11.6 Å². The van der Waals surface area contributed by atoms with Crippen molar-refractivity contribution in [2.45, 2.75) is 19.9 Å². The van der Waals surface area contributed by atoms with E-state index in [-0.39, 0.29) is 11.3 Å². The van der Waals surface area contributed by atoms with Gasteiger partial charge in [-0.25, -0.2) is 18.6 Å². The fourth-order valence-corrected chi connectivity index (χ4v) is 1.92. The summed E-state index contributed by atoms with van der Waals surface area (Å²) < 4.78 is 31.3. The molecule has 1 heterocycles. The van der Waals surface area contributed by atoms with E-state index in [1.165, 1.54) is 25.4 Å². The molecule has 1 aromatic heterocycles. The molecule has 0 aliphatic carbocycles. The van der Waals surface area contributed by atoms with Gasteiger partial charge in [0.15, 0.2) is 12.3 Å². The summed E-state index contributed by atoms with van der Waals surface area (Å²) in [6.07, 6.45) is 2.64. The maximum atomic E-state index is 13.6. The van der Waals surface area contributed by atoms with Gasteiger partial charge in [0, 0.05) is 17.8 Å². The molecule has 0 saturated carbocycles. The van der Waals surface area contributed by atoms with Crippen LogP contribution < -0.4 is 5.32 Å². The first-order valence-corrected chi connectivity index (χ1v) is 7.07. The summed E-state index contributed by atoms with van der Waals surface area (Å²) in [5, 5.41) is 2.46. The molecule has 0 spiro atoms. The van der Waals surface area contributed by atoms with Crippen LogP contribution in [0.25, 0.3) is 0 Å². The van der Waals surface area contributed by atoms with Crippen LogP contribution in [0.5, 0.6) is 0 Å². The van der Waals surface area contributed by atoms with Gasteiger partial charge >= 0.3 is 5.97 Å². The quantitative estimate of drug-likeness (QED) is 0.846. The topological polar surface area (TPSA) is 81.2 Å². The van der Waals surface area contributed by atoms with Gasteiger partial charge in [-0.2, -0.15) is 0 Å². The van der Waals surface area contributed by atoms with Crippen molar-refractivity contribution in [1.29, 1.82) is 0 Å². The Morgan fingerprint density at radius 3 is 2.62 bits per heavy atom. The number of benzene rings is 1. The zero-order chi connectivity index (χ0) is 17.7. The van der Waals surface area contributed by atoms with Crippen LogP contribution in [0.2, 0.25) is 0 Å². The van der Waals surface area contributed by atoms with E-state index < -0.39 is 36.2 Å². The second-order valence-electron chi connectivity index (χ2n) is 5.07. The van der Waals surface area contributed by atoms with Crippen molar-refractivity contribution in [3.63, 3.8) is 0 Å². The maximum Gasteiger partial charge on any atom is 0.359 e. The molecule has 6 nitrogen and oxygen atoms in total. The number of hydrogen-bond acceptors (Lipinski definition) is 5. The van der Waals surface area contributed by atoms with Gasteiger partial charge in [0.25, 0.3) is 5.91 Å². The smallest absolute Gasteiger partial charge is 0.359 e. The number of carbonyl (C=O) groups excluding carboxylic acids is 2. The largest absolute Gasteiger partial charge is 0.451 e. The molecular weight excluding hydrogens is 320 g/mol. The molecule has 0 aliphatic heterocycles. The third-order valence-electron chi connectivity index (χ3n) is 3.13. The summed E-state index contributed by atoms with van der Waals surface area (Å²) in [5.41, 5.74) is 0.742. The Hall–Kier alpha value is -2.90. The molecule has 2 aromatic rings. The number of aryl methyl sites for hydroxylation is 1. The Bertz CT molecular complexity index is 751. The number of amides is 1. The summed E-state index contributed by atoms with van der Waals surface area (Å²) in [7, 11) is 0. The fourth-order valence-electron chi connectivity index (χ4n) is 1.92. The summed E-state index contributed by atoms with van der Waals surface area (Å²) in [5.74, 6) is -2.89. The van der Waals surface area contributed by atoms with E-state index in [1.807, 2.05) is 0 Å². The second-order valence-corrected chi connectivity index (χ2v) is 5.07. The molecule has 0 fully saturated rings. The van der Waals surface area contributed by atoms with Gasteiger partial charge in [-0.15, -0.1) is 0 Å². The summed E-state index contributed by atoms with van der Waals surface area (Å²) in [6, 6.07) is 2.35. The SMILES string of the molecule is Cc1cnc(C(=O)OCC(=O)N[C@H](C)c2ccc(F)cc2F)cn1. The minimum atomic E-state index is -0.793. The van der Waals surface area contributed by atoms with Crippen molar-refractivity contribution in [2.75, 3.05) is 6.61 Å². The number of halogens is 2. The van der Waals surface area contributed by atoms with Crippen LogP contribution in [0, 0.1) is 18.6 Å². The lowest BCUT2D eigenvalue weighted by molar-refractivity contribution is -0.124. The first-order valence-electron chi connectivity index (χ1n) is 7.07. The van der Waals surface area contributed by atoms with E-state index >= 15 is 0 Å². The van der Waals surface area contributed by atoms with E-state index in [0.717, 1.165) is 12.1 Å². The minimum Gasteiger partial charge on any atom is -0.451 e. The number of hydrogen-bond donors (Lipinski definition) is 1. The molecule has 8 heteroatoms. The van der Waals surface area contributed by atoms with Gasteiger partial charge in [-0.3, -0.25) is 9.78 Å². The first kappa shape index (κ1) is 17.5. The van der Waals surface area contributed by atoms with Crippen molar-refractivity contribution < 1.29 is 23.1 Å². The standard InChI is InChI=1S/C16H15F2N3O3/c1-9-6-20-14(7-19-9)16(23)24-8-15(22)21-10(2)12-4-3-11(17)5-13(12)18/h3-7,10H,8H2,1-2H3,(H,21,22)/t10-/m1/s1. The highest BCUT2D eigenvalue weighted by atomic mass is 19.1. The monoisotopic (exact) mass is 335 g/mol. The highest BCUT2D eigenvalue weighted by molar-refractivity contribution is 5.89. The number of aromatic nitrogens is 2. The highest BCUT2D eigenvalue weighted by Crippen LogP contribution is 2.17. The number of rotatable bonds is 5. The first-order chi connectivity index (χ1) is 11.4. The predicted octanol–water partition coefficient (Wildman–Crippen LogP) is 2.10. The lowest BCUT2D eigenvalue weighted by Crippen LogP contribution is -2.31. The molecule has 1 amide bonds. The number of nitrogens with zero attached hydrogens (tertiary/aromatic N) is 2. The highest BCUT2D eigenvalue weighted by Gasteiger charge is 2.16. The van der Waals surface area contributed by atoms with Gasteiger partial charge < -0.3 is 10.1 Å². The molecule has 2 rings (SSSR count).